The Balaban J connectivity index is 2.09. The topological polar surface area (TPSA) is 42.1 Å². The average Bonchev–Trinajstić information content (AvgIpc) is 2.39. The molecular formula is C15H18FN3. The highest BCUT2D eigenvalue weighted by Crippen LogP contribution is 2.16. The molecule has 0 unspecified atom stereocenters. The van der Waals surface area contributed by atoms with Gasteiger partial charge in [0.2, 0.25) is 0 Å². The van der Waals surface area contributed by atoms with Gasteiger partial charge in [-0.2, -0.15) is 0 Å². The minimum Gasteiger partial charge on any atom is -0.355 e. The van der Waals surface area contributed by atoms with E-state index < -0.39 is 0 Å². The molecule has 0 amide bonds. The summed E-state index contributed by atoms with van der Waals surface area (Å²) in [5, 5.41) is 0. The number of hydrogen-bond acceptors (Lipinski definition) is 3. The third-order valence-electron chi connectivity index (χ3n) is 3.00. The average molecular weight is 259 g/mol. The van der Waals surface area contributed by atoms with Crippen LogP contribution in [0.2, 0.25) is 0 Å². The van der Waals surface area contributed by atoms with E-state index in [4.69, 9.17) is 5.73 Å². The molecule has 3 nitrogen and oxygen atoms in total. The van der Waals surface area contributed by atoms with Crippen LogP contribution in [0.4, 0.5) is 10.2 Å². The summed E-state index contributed by atoms with van der Waals surface area (Å²) >= 11 is 0. The number of rotatable bonds is 4. The summed E-state index contributed by atoms with van der Waals surface area (Å²) < 4.78 is 13.1. The Labute approximate surface area is 112 Å². The lowest BCUT2D eigenvalue weighted by Crippen LogP contribution is -2.18. The standard InChI is InChI=1S/C15H18FN3/c1-11(17)13-6-7-15(18-9-13)19(2)10-12-4-3-5-14(16)8-12/h3-9,11H,10,17H2,1-2H3/t11-/m0/s1. The van der Waals surface area contributed by atoms with Crippen molar-refractivity contribution in [1.29, 1.82) is 0 Å². The fraction of sp³-hybridized carbons (Fsp3) is 0.267. The molecule has 0 aliphatic carbocycles. The molecule has 0 radical (unpaired) electrons. The predicted octanol–water partition coefficient (Wildman–Crippen LogP) is 2.88. The van der Waals surface area contributed by atoms with Crippen LogP contribution < -0.4 is 10.6 Å². The lowest BCUT2D eigenvalue weighted by Gasteiger charge is -2.19. The van der Waals surface area contributed by atoms with Gasteiger partial charge in [-0.25, -0.2) is 9.37 Å². The van der Waals surface area contributed by atoms with Crippen LogP contribution in [0, 0.1) is 5.82 Å². The summed E-state index contributed by atoms with van der Waals surface area (Å²) in [6, 6.07) is 10.5. The molecule has 1 atom stereocenters. The maximum atomic E-state index is 13.1. The highest BCUT2D eigenvalue weighted by Gasteiger charge is 2.05. The smallest absolute Gasteiger partial charge is 0.128 e. The van der Waals surface area contributed by atoms with Gasteiger partial charge >= 0.3 is 0 Å². The zero-order valence-corrected chi connectivity index (χ0v) is 11.2. The van der Waals surface area contributed by atoms with Crippen molar-refractivity contribution in [3.8, 4) is 0 Å². The normalized spacial score (nSPS) is 12.2. The van der Waals surface area contributed by atoms with E-state index in [1.54, 1.807) is 12.3 Å². The first-order valence-corrected chi connectivity index (χ1v) is 6.23. The Morgan fingerprint density at radius 2 is 2.11 bits per heavy atom. The van der Waals surface area contributed by atoms with E-state index in [9.17, 15) is 4.39 Å². The third kappa shape index (κ3) is 3.51. The highest BCUT2D eigenvalue weighted by atomic mass is 19.1. The van der Waals surface area contributed by atoms with Crippen molar-refractivity contribution in [2.75, 3.05) is 11.9 Å². The molecule has 1 heterocycles. The first-order chi connectivity index (χ1) is 9.06. The highest BCUT2D eigenvalue weighted by molar-refractivity contribution is 5.40. The van der Waals surface area contributed by atoms with Gasteiger partial charge in [-0.15, -0.1) is 0 Å². The molecule has 1 aromatic heterocycles. The second kappa shape index (κ2) is 5.80. The minimum atomic E-state index is -0.217. The molecule has 0 saturated carbocycles. The molecule has 2 N–H and O–H groups in total. The zero-order valence-electron chi connectivity index (χ0n) is 11.2. The third-order valence-corrected chi connectivity index (χ3v) is 3.00. The molecule has 0 aliphatic rings. The maximum absolute atomic E-state index is 13.1. The fourth-order valence-electron chi connectivity index (χ4n) is 1.88. The van der Waals surface area contributed by atoms with E-state index in [0.717, 1.165) is 16.9 Å². The van der Waals surface area contributed by atoms with Crippen molar-refractivity contribution in [3.63, 3.8) is 0 Å². The summed E-state index contributed by atoms with van der Waals surface area (Å²) in [6.45, 7) is 2.54. The number of benzene rings is 1. The summed E-state index contributed by atoms with van der Waals surface area (Å²) in [5.74, 6) is 0.625. The summed E-state index contributed by atoms with van der Waals surface area (Å²) in [6.07, 6.45) is 1.78. The Morgan fingerprint density at radius 1 is 1.32 bits per heavy atom. The van der Waals surface area contributed by atoms with Crippen molar-refractivity contribution in [2.45, 2.75) is 19.5 Å². The predicted molar refractivity (Wildman–Crippen MR) is 75.3 cm³/mol. The van der Waals surface area contributed by atoms with Crippen LogP contribution in [0.25, 0.3) is 0 Å². The van der Waals surface area contributed by atoms with E-state index in [1.807, 2.05) is 37.1 Å². The van der Waals surface area contributed by atoms with E-state index in [1.165, 1.54) is 12.1 Å². The Bertz CT molecular complexity index is 537. The van der Waals surface area contributed by atoms with E-state index in [-0.39, 0.29) is 11.9 Å². The van der Waals surface area contributed by atoms with Crippen LogP contribution in [0.15, 0.2) is 42.6 Å². The second-order valence-electron chi connectivity index (χ2n) is 4.72. The van der Waals surface area contributed by atoms with E-state index >= 15 is 0 Å². The van der Waals surface area contributed by atoms with Crippen LogP contribution in [-0.2, 0) is 6.54 Å². The van der Waals surface area contributed by atoms with E-state index in [2.05, 4.69) is 4.98 Å². The lowest BCUT2D eigenvalue weighted by molar-refractivity contribution is 0.625. The number of halogens is 1. The molecule has 0 spiro atoms. The van der Waals surface area contributed by atoms with Gasteiger partial charge in [0.15, 0.2) is 0 Å². The number of hydrogen-bond donors (Lipinski definition) is 1. The number of nitrogens with two attached hydrogens (primary N) is 1. The van der Waals surface area contributed by atoms with Crippen LogP contribution >= 0.6 is 0 Å². The number of pyridine rings is 1. The summed E-state index contributed by atoms with van der Waals surface area (Å²) in [5.41, 5.74) is 7.70. The Kier molecular flexibility index (Phi) is 4.12. The van der Waals surface area contributed by atoms with Gasteiger partial charge in [-0.1, -0.05) is 18.2 Å². The number of anilines is 1. The van der Waals surface area contributed by atoms with Crippen molar-refractivity contribution in [2.24, 2.45) is 5.73 Å². The van der Waals surface area contributed by atoms with Crippen LogP contribution in [0.5, 0.6) is 0 Å². The van der Waals surface area contributed by atoms with Gasteiger partial charge in [0.1, 0.15) is 11.6 Å². The molecule has 0 aliphatic heterocycles. The maximum Gasteiger partial charge on any atom is 0.128 e. The van der Waals surface area contributed by atoms with Crippen LogP contribution in [-0.4, -0.2) is 12.0 Å². The molecular weight excluding hydrogens is 241 g/mol. The Morgan fingerprint density at radius 3 is 2.68 bits per heavy atom. The molecule has 0 saturated heterocycles. The fourth-order valence-corrected chi connectivity index (χ4v) is 1.88. The molecule has 0 fully saturated rings. The molecule has 1 aromatic carbocycles. The van der Waals surface area contributed by atoms with Crippen molar-refractivity contribution >= 4 is 5.82 Å². The second-order valence-corrected chi connectivity index (χ2v) is 4.72. The first kappa shape index (κ1) is 13.5. The summed E-state index contributed by atoms with van der Waals surface area (Å²) in [4.78, 5) is 6.34. The summed E-state index contributed by atoms with van der Waals surface area (Å²) in [7, 11) is 1.93. The molecule has 0 bridgehead atoms. The van der Waals surface area contributed by atoms with Crippen molar-refractivity contribution in [1.82, 2.24) is 4.98 Å². The van der Waals surface area contributed by atoms with Gasteiger partial charge in [0.05, 0.1) is 0 Å². The SMILES string of the molecule is C[C@H](N)c1ccc(N(C)Cc2cccc(F)c2)nc1. The molecule has 2 rings (SSSR count). The monoisotopic (exact) mass is 259 g/mol. The number of nitrogens with zero attached hydrogens (tertiary/aromatic N) is 2. The largest absolute Gasteiger partial charge is 0.355 e. The van der Waals surface area contributed by atoms with Gasteiger partial charge in [0, 0.05) is 25.8 Å². The van der Waals surface area contributed by atoms with Gasteiger partial charge < -0.3 is 10.6 Å². The zero-order chi connectivity index (χ0) is 13.8. The van der Waals surface area contributed by atoms with Crippen molar-refractivity contribution in [3.05, 3.63) is 59.5 Å². The van der Waals surface area contributed by atoms with Gasteiger partial charge in [-0.3, -0.25) is 0 Å². The van der Waals surface area contributed by atoms with Crippen LogP contribution in [0.3, 0.4) is 0 Å². The number of aromatic nitrogens is 1. The molecule has 19 heavy (non-hydrogen) atoms. The quantitative estimate of drug-likeness (QED) is 0.918. The first-order valence-electron chi connectivity index (χ1n) is 6.23. The lowest BCUT2D eigenvalue weighted by atomic mass is 10.1. The van der Waals surface area contributed by atoms with E-state index in [0.29, 0.717) is 6.54 Å². The van der Waals surface area contributed by atoms with Crippen molar-refractivity contribution < 1.29 is 4.39 Å². The van der Waals surface area contributed by atoms with Gasteiger partial charge in [0.25, 0.3) is 0 Å². The molecule has 100 valence electrons. The Hall–Kier alpha value is -1.94. The molecule has 4 heteroatoms. The minimum absolute atomic E-state index is 0.0184. The van der Waals surface area contributed by atoms with Crippen LogP contribution in [0.1, 0.15) is 24.1 Å². The van der Waals surface area contributed by atoms with Gasteiger partial charge in [-0.05, 0) is 36.2 Å². The molecule has 2 aromatic rings.